The summed E-state index contributed by atoms with van der Waals surface area (Å²) in [7, 11) is 0. The maximum atomic E-state index is 12.8. The van der Waals surface area contributed by atoms with E-state index in [4.69, 9.17) is 4.42 Å². The smallest absolute Gasteiger partial charge is 0.273 e. The minimum absolute atomic E-state index is 0.0876. The molecule has 0 spiro atoms. The molecule has 7 heteroatoms. The third-order valence-electron chi connectivity index (χ3n) is 5.48. The van der Waals surface area contributed by atoms with Crippen LogP contribution in [0.2, 0.25) is 0 Å². The number of benzene rings is 3. The van der Waals surface area contributed by atoms with Crippen LogP contribution in [0, 0.1) is 24.0 Å². The number of nitro groups is 1. The lowest BCUT2D eigenvalue weighted by Gasteiger charge is -2.10. The van der Waals surface area contributed by atoms with Crippen LogP contribution < -0.4 is 5.32 Å². The van der Waals surface area contributed by atoms with Gasteiger partial charge in [-0.25, -0.2) is 4.98 Å². The molecule has 1 heterocycles. The molecule has 0 bridgehead atoms. The van der Waals surface area contributed by atoms with Crippen LogP contribution >= 0.6 is 0 Å². The van der Waals surface area contributed by atoms with E-state index in [-0.39, 0.29) is 11.3 Å². The summed E-state index contributed by atoms with van der Waals surface area (Å²) in [6, 6.07) is 16.0. The van der Waals surface area contributed by atoms with Gasteiger partial charge in [0.2, 0.25) is 5.89 Å². The average Bonchev–Trinajstić information content (AvgIpc) is 3.18. The van der Waals surface area contributed by atoms with Crippen LogP contribution in [0.15, 0.2) is 59.0 Å². The number of hydrogen-bond acceptors (Lipinski definition) is 5. The highest BCUT2D eigenvalue weighted by atomic mass is 16.6. The molecule has 4 rings (SSSR count). The molecule has 0 fully saturated rings. The van der Waals surface area contributed by atoms with Crippen molar-refractivity contribution in [1.29, 1.82) is 0 Å². The second kappa shape index (κ2) is 8.26. The predicted octanol–water partition coefficient (Wildman–Crippen LogP) is 6.40. The van der Waals surface area contributed by atoms with E-state index in [0.29, 0.717) is 28.6 Å². The van der Waals surface area contributed by atoms with Crippen LogP contribution in [0.3, 0.4) is 0 Å². The topological polar surface area (TPSA) is 98.3 Å². The number of amides is 1. The molecular weight excluding hydrogens is 406 g/mol. The fraction of sp³-hybridized carbons (Fsp3) is 0.200. The molecule has 0 unspecified atom stereocenters. The maximum Gasteiger partial charge on any atom is 0.273 e. The van der Waals surface area contributed by atoms with Gasteiger partial charge >= 0.3 is 0 Å². The van der Waals surface area contributed by atoms with Crippen molar-refractivity contribution < 1.29 is 14.1 Å². The zero-order valence-corrected chi connectivity index (χ0v) is 18.3. The Hall–Kier alpha value is -4.00. The van der Waals surface area contributed by atoms with Gasteiger partial charge < -0.3 is 9.73 Å². The predicted molar refractivity (Wildman–Crippen MR) is 124 cm³/mol. The number of carbonyl (C=O) groups excluding carboxylic acids is 1. The molecule has 1 amide bonds. The highest BCUT2D eigenvalue weighted by molar-refractivity contribution is 6.05. The van der Waals surface area contributed by atoms with Gasteiger partial charge in [-0.05, 0) is 61.2 Å². The van der Waals surface area contributed by atoms with E-state index in [9.17, 15) is 14.9 Å². The number of fused-ring (bicyclic) bond motifs is 1. The summed E-state index contributed by atoms with van der Waals surface area (Å²) < 4.78 is 5.93. The van der Waals surface area contributed by atoms with E-state index in [0.717, 1.165) is 16.6 Å². The van der Waals surface area contributed by atoms with Gasteiger partial charge in [0, 0.05) is 28.4 Å². The largest absolute Gasteiger partial charge is 0.436 e. The number of nitro benzene ring substituents is 1. The molecule has 162 valence electrons. The van der Waals surface area contributed by atoms with E-state index in [1.165, 1.54) is 11.6 Å². The monoisotopic (exact) mass is 429 g/mol. The maximum absolute atomic E-state index is 12.8. The van der Waals surface area contributed by atoms with Crippen LogP contribution in [0.1, 0.15) is 46.8 Å². The molecule has 7 nitrogen and oxygen atoms in total. The first kappa shape index (κ1) is 21.2. The Balaban J connectivity index is 1.65. The molecule has 3 aromatic carbocycles. The Labute approximate surface area is 185 Å². The fourth-order valence-corrected chi connectivity index (χ4v) is 3.46. The normalized spacial score (nSPS) is 11.2. The van der Waals surface area contributed by atoms with Crippen LogP contribution in [0.4, 0.5) is 11.4 Å². The van der Waals surface area contributed by atoms with Crippen molar-refractivity contribution in [2.45, 2.75) is 33.6 Å². The number of nitrogens with zero attached hydrogens (tertiary/aromatic N) is 2. The molecule has 4 aromatic rings. The Morgan fingerprint density at radius 3 is 2.50 bits per heavy atom. The van der Waals surface area contributed by atoms with E-state index in [1.807, 2.05) is 37.3 Å². The highest BCUT2D eigenvalue weighted by Gasteiger charge is 2.17. The summed E-state index contributed by atoms with van der Waals surface area (Å²) in [6.45, 7) is 7.76. The van der Waals surface area contributed by atoms with Gasteiger partial charge in [0.05, 0.1) is 4.92 Å². The molecule has 0 atom stereocenters. The van der Waals surface area contributed by atoms with Gasteiger partial charge in [-0.3, -0.25) is 14.9 Å². The van der Waals surface area contributed by atoms with Crippen molar-refractivity contribution in [3.05, 3.63) is 87.0 Å². The van der Waals surface area contributed by atoms with Crippen LogP contribution in [-0.4, -0.2) is 15.8 Å². The SMILES string of the molecule is Cc1ccc(-c2nc3cc(C(C)C)ccc3o2)cc1NC(=O)c1ccc(C)c([N+](=O)[O-])c1. The van der Waals surface area contributed by atoms with Crippen molar-refractivity contribution in [1.82, 2.24) is 4.98 Å². The molecule has 0 radical (unpaired) electrons. The molecule has 0 saturated heterocycles. The van der Waals surface area contributed by atoms with E-state index >= 15 is 0 Å². The van der Waals surface area contributed by atoms with E-state index < -0.39 is 10.8 Å². The second-order valence-electron chi connectivity index (χ2n) is 8.14. The lowest BCUT2D eigenvalue weighted by Crippen LogP contribution is -2.13. The first-order valence-electron chi connectivity index (χ1n) is 10.3. The van der Waals surface area contributed by atoms with E-state index in [1.54, 1.807) is 25.1 Å². The summed E-state index contributed by atoms with van der Waals surface area (Å²) in [5.41, 5.74) is 5.45. The fourth-order valence-electron chi connectivity index (χ4n) is 3.46. The molecule has 1 aromatic heterocycles. The summed E-state index contributed by atoms with van der Waals surface area (Å²) in [5.74, 6) is 0.424. The number of oxazole rings is 1. The Bertz CT molecular complexity index is 1350. The summed E-state index contributed by atoms with van der Waals surface area (Å²) in [4.78, 5) is 28.1. The lowest BCUT2D eigenvalue weighted by molar-refractivity contribution is -0.385. The molecule has 32 heavy (non-hydrogen) atoms. The number of aromatic nitrogens is 1. The number of rotatable bonds is 5. The van der Waals surface area contributed by atoms with Gasteiger partial charge in [0.25, 0.3) is 11.6 Å². The van der Waals surface area contributed by atoms with Crippen molar-refractivity contribution in [3.63, 3.8) is 0 Å². The Morgan fingerprint density at radius 1 is 1.03 bits per heavy atom. The van der Waals surface area contributed by atoms with Crippen molar-refractivity contribution in [2.75, 3.05) is 5.32 Å². The molecule has 0 aliphatic heterocycles. The third kappa shape index (κ3) is 4.09. The summed E-state index contributed by atoms with van der Waals surface area (Å²) in [5, 5.41) is 14.0. The average molecular weight is 429 g/mol. The number of anilines is 1. The molecular formula is C25H23N3O4. The number of carbonyl (C=O) groups is 1. The van der Waals surface area contributed by atoms with Crippen LogP contribution in [-0.2, 0) is 0 Å². The first-order chi connectivity index (χ1) is 15.2. The van der Waals surface area contributed by atoms with Crippen LogP contribution in [0.25, 0.3) is 22.6 Å². The number of nitrogens with one attached hydrogen (secondary N) is 1. The summed E-state index contributed by atoms with van der Waals surface area (Å²) in [6.07, 6.45) is 0. The number of hydrogen-bond donors (Lipinski definition) is 1. The minimum atomic E-state index is -0.490. The Kier molecular flexibility index (Phi) is 5.48. The van der Waals surface area contributed by atoms with E-state index in [2.05, 4.69) is 24.1 Å². The van der Waals surface area contributed by atoms with Crippen molar-refractivity contribution in [2.24, 2.45) is 0 Å². The molecule has 0 aliphatic rings. The molecule has 0 aliphatic carbocycles. The lowest BCUT2D eigenvalue weighted by atomic mass is 10.0. The van der Waals surface area contributed by atoms with Crippen molar-refractivity contribution >= 4 is 28.4 Å². The van der Waals surface area contributed by atoms with Gasteiger partial charge in [-0.15, -0.1) is 0 Å². The van der Waals surface area contributed by atoms with Gasteiger partial charge in [0.1, 0.15) is 5.52 Å². The quantitative estimate of drug-likeness (QED) is 0.292. The highest BCUT2D eigenvalue weighted by Crippen LogP contribution is 2.30. The molecule has 1 N–H and O–H groups in total. The second-order valence-corrected chi connectivity index (χ2v) is 8.14. The van der Waals surface area contributed by atoms with Crippen LogP contribution in [0.5, 0.6) is 0 Å². The Morgan fingerprint density at radius 2 is 1.78 bits per heavy atom. The molecule has 0 saturated carbocycles. The zero-order valence-electron chi connectivity index (χ0n) is 18.3. The standard InChI is InChI=1S/C25H23N3O4/c1-14(2)17-9-10-23-21(11-17)27-25(32-23)19-8-5-15(3)20(12-19)26-24(29)18-7-6-16(4)22(13-18)28(30)31/h5-14H,1-4H3,(H,26,29). The van der Waals surface area contributed by atoms with Crippen molar-refractivity contribution in [3.8, 4) is 11.5 Å². The van der Waals surface area contributed by atoms with Gasteiger partial charge in [0.15, 0.2) is 5.58 Å². The minimum Gasteiger partial charge on any atom is -0.436 e. The third-order valence-corrected chi connectivity index (χ3v) is 5.48. The van der Waals surface area contributed by atoms with Gasteiger partial charge in [-0.1, -0.05) is 32.0 Å². The zero-order chi connectivity index (χ0) is 23.0. The van der Waals surface area contributed by atoms with Gasteiger partial charge in [-0.2, -0.15) is 0 Å². The first-order valence-corrected chi connectivity index (χ1v) is 10.3. The summed E-state index contributed by atoms with van der Waals surface area (Å²) >= 11 is 0. The number of aryl methyl sites for hydroxylation is 2.